The summed E-state index contributed by atoms with van der Waals surface area (Å²) in [4.78, 5) is 12.4. The van der Waals surface area contributed by atoms with Gasteiger partial charge in [0.15, 0.2) is 0 Å². The molecule has 0 saturated carbocycles. The SMILES string of the molecule is CCCCCCCCCCCCCCCCCCCCCCCCCCC(=O)N[C@@H](CO)[C@H](O)[C@H](O)CCCCCCCCCCC. The van der Waals surface area contributed by atoms with E-state index in [1.54, 1.807) is 0 Å². The standard InChI is InChI=1S/C42H85NO4/c1-3-5-7-9-11-13-14-15-16-17-18-19-20-21-22-23-24-25-26-27-29-31-33-35-37-41(46)43-39(38-44)42(47)40(45)36-34-32-30-28-12-10-8-6-4-2/h39-40,42,44-45,47H,3-38H2,1-2H3,(H,43,46)/t39-,40+,42-/m0/s1. The molecule has 1 amide bonds. The first-order chi connectivity index (χ1) is 23.1. The van der Waals surface area contributed by atoms with Crippen molar-refractivity contribution in [2.75, 3.05) is 6.61 Å². The van der Waals surface area contributed by atoms with Crippen molar-refractivity contribution < 1.29 is 20.1 Å². The Morgan fingerprint density at radius 3 is 1.02 bits per heavy atom. The highest BCUT2D eigenvalue weighted by atomic mass is 16.3. The molecular weight excluding hydrogens is 582 g/mol. The summed E-state index contributed by atoms with van der Waals surface area (Å²) in [6.45, 7) is 4.17. The molecule has 0 spiro atoms. The topological polar surface area (TPSA) is 89.8 Å². The molecule has 0 aromatic carbocycles. The minimum Gasteiger partial charge on any atom is -0.394 e. The molecular formula is C42H85NO4. The van der Waals surface area contributed by atoms with Crippen LogP contribution in [-0.2, 0) is 4.79 Å². The molecule has 0 saturated heterocycles. The first kappa shape index (κ1) is 46.4. The van der Waals surface area contributed by atoms with Gasteiger partial charge in [0.2, 0.25) is 5.91 Å². The zero-order chi connectivity index (χ0) is 34.5. The van der Waals surface area contributed by atoms with Crippen LogP contribution in [0.25, 0.3) is 0 Å². The minimum atomic E-state index is -1.13. The van der Waals surface area contributed by atoms with Gasteiger partial charge in [-0.2, -0.15) is 0 Å². The Kier molecular flexibility index (Phi) is 37.6. The fourth-order valence-corrected chi connectivity index (χ4v) is 6.87. The van der Waals surface area contributed by atoms with Crippen LogP contribution in [0.5, 0.6) is 0 Å². The molecule has 4 N–H and O–H groups in total. The molecule has 0 fully saturated rings. The maximum absolute atomic E-state index is 12.4. The van der Waals surface area contributed by atoms with Crippen LogP contribution in [0.1, 0.15) is 239 Å². The van der Waals surface area contributed by atoms with E-state index in [-0.39, 0.29) is 12.5 Å². The lowest BCUT2D eigenvalue weighted by atomic mass is 9.99. The van der Waals surface area contributed by atoms with Gasteiger partial charge in [-0.05, 0) is 12.8 Å². The molecule has 47 heavy (non-hydrogen) atoms. The minimum absolute atomic E-state index is 0.142. The average molecular weight is 668 g/mol. The molecule has 0 radical (unpaired) electrons. The summed E-state index contributed by atoms with van der Waals surface area (Å²) in [7, 11) is 0. The second kappa shape index (κ2) is 38.2. The second-order valence-electron chi connectivity index (χ2n) is 14.9. The van der Waals surface area contributed by atoms with E-state index in [1.807, 2.05) is 0 Å². The predicted octanol–water partition coefficient (Wildman–Crippen LogP) is 11.9. The number of amides is 1. The Bertz CT molecular complexity index is 615. The maximum atomic E-state index is 12.4. The number of hydrogen-bond acceptors (Lipinski definition) is 4. The van der Waals surface area contributed by atoms with Gasteiger partial charge in [0.1, 0.15) is 6.10 Å². The van der Waals surface area contributed by atoms with E-state index in [9.17, 15) is 20.1 Å². The van der Waals surface area contributed by atoms with Gasteiger partial charge in [0, 0.05) is 6.42 Å². The highest BCUT2D eigenvalue weighted by molar-refractivity contribution is 5.76. The summed E-state index contributed by atoms with van der Waals surface area (Å²) in [5.74, 6) is -0.142. The monoisotopic (exact) mass is 668 g/mol. The van der Waals surface area contributed by atoms with Crippen molar-refractivity contribution in [3.8, 4) is 0 Å². The number of carbonyl (C=O) groups is 1. The quantitative estimate of drug-likeness (QED) is 0.0491. The van der Waals surface area contributed by atoms with E-state index in [2.05, 4.69) is 19.2 Å². The molecule has 0 bridgehead atoms. The van der Waals surface area contributed by atoms with Crippen molar-refractivity contribution in [1.29, 1.82) is 0 Å². The molecule has 0 unspecified atom stereocenters. The first-order valence-electron chi connectivity index (χ1n) is 21.3. The van der Waals surface area contributed by atoms with E-state index in [0.717, 1.165) is 38.5 Å². The highest BCUT2D eigenvalue weighted by Crippen LogP contribution is 2.17. The Balaban J connectivity index is 3.50. The third-order valence-corrected chi connectivity index (χ3v) is 10.2. The van der Waals surface area contributed by atoms with Crippen LogP contribution in [0.4, 0.5) is 0 Å². The Hall–Kier alpha value is -0.650. The summed E-state index contributed by atoms with van der Waals surface area (Å²) in [6, 6.07) is -0.801. The molecule has 3 atom stereocenters. The molecule has 0 heterocycles. The number of aliphatic hydroxyl groups excluding tert-OH is 3. The Morgan fingerprint density at radius 2 is 0.723 bits per heavy atom. The van der Waals surface area contributed by atoms with E-state index in [0.29, 0.717) is 12.8 Å². The predicted molar refractivity (Wildman–Crippen MR) is 204 cm³/mol. The Morgan fingerprint density at radius 1 is 0.447 bits per heavy atom. The summed E-state index contributed by atoms with van der Waals surface area (Å²) in [5, 5.41) is 33.3. The van der Waals surface area contributed by atoms with Crippen LogP contribution in [0.15, 0.2) is 0 Å². The molecule has 0 aromatic rings. The molecule has 0 aliphatic rings. The van der Waals surface area contributed by atoms with Crippen molar-refractivity contribution in [2.24, 2.45) is 0 Å². The summed E-state index contributed by atoms with van der Waals surface area (Å²) >= 11 is 0. The normalized spacial score (nSPS) is 13.6. The first-order valence-corrected chi connectivity index (χ1v) is 21.3. The van der Waals surface area contributed by atoms with Crippen LogP contribution in [0.2, 0.25) is 0 Å². The fraction of sp³-hybridized carbons (Fsp3) is 0.976. The number of aliphatic hydroxyl groups is 3. The van der Waals surface area contributed by atoms with Crippen molar-refractivity contribution in [2.45, 2.75) is 257 Å². The highest BCUT2D eigenvalue weighted by Gasteiger charge is 2.26. The lowest BCUT2D eigenvalue weighted by Gasteiger charge is -2.26. The van der Waals surface area contributed by atoms with Gasteiger partial charge in [0.25, 0.3) is 0 Å². The van der Waals surface area contributed by atoms with Gasteiger partial charge in [-0.3, -0.25) is 4.79 Å². The third-order valence-electron chi connectivity index (χ3n) is 10.2. The van der Waals surface area contributed by atoms with Crippen LogP contribution in [0, 0.1) is 0 Å². The van der Waals surface area contributed by atoms with Crippen molar-refractivity contribution >= 4 is 5.91 Å². The summed E-state index contributed by atoms with van der Waals surface area (Å²) in [5.41, 5.74) is 0. The fourth-order valence-electron chi connectivity index (χ4n) is 6.87. The van der Waals surface area contributed by atoms with Crippen LogP contribution >= 0.6 is 0 Å². The van der Waals surface area contributed by atoms with Crippen LogP contribution in [0.3, 0.4) is 0 Å². The van der Waals surface area contributed by atoms with Gasteiger partial charge in [0.05, 0.1) is 18.8 Å². The van der Waals surface area contributed by atoms with Gasteiger partial charge in [-0.25, -0.2) is 0 Å². The van der Waals surface area contributed by atoms with Gasteiger partial charge < -0.3 is 20.6 Å². The molecule has 282 valence electrons. The molecule has 0 aromatic heterocycles. The molecule has 0 rings (SSSR count). The second-order valence-corrected chi connectivity index (χ2v) is 14.9. The van der Waals surface area contributed by atoms with Crippen LogP contribution in [-0.4, -0.2) is 46.1 Å². The number of hydrogen-bond donors (Lipinski definition) is 4. The maximum Gasteiger partial charge on any atom is 0.220 e. The lowest BCUT2D eigenvalue weighted by Crippen LogP contribution is -2.50. The zero-order valence-electron chi connectivity index (χ0n) is 31.9. The molecule has 5 heteroatoms. The van der Waals surface area contributed by atoms with Crippen molar-refractivity contribution in [3.63, 3.8) is 0 Å². The van der Waals surface area contributed by atoms with E-state index >= 15 is 0 Å². The van der Waals surface area contributed by atoms with Crippen molar-refractivity contribution in [3.05, 3.63) is 0 Å². The van der Waals surface area contributed by atoms with Gasteiger partial charge in [-0.1, -0.05) is 219 Å². The average Bonchev–Trinajstić information content (AvgIpc) is 3.07. The largest absolute Gasteiger partial charge is 0.394 e. The number of rotatable bonds is 39. The molecule has 5 nitrogen and oxygen atoms in total. The number of unbranched alkanes of at least 4 members (excludes halogenated alkanes) is 31. The number of carbonyl (C=O) groups excluding carboxylic acids is 1. The van der Waals surface area contributed by atoms with Gasteiger partial charge >= 0.3 is 0 Å². The van der Waals surface area contributed by atoms with Crippen molar-refractivity contribution in [1.82, 2.24) is 5.32 Å². The zero-order valence-corrected chi connectivity index (χ0v) is 31.9. The van der Waals surface area contributed by atoms with E-state index < -0.39 is 18.2 Å². The van der Waals surface area contributed by atoms with Gasteiger partial charge in [-0.15, -0.1) is 0 Å². The van der Waals surface area contributed by atoms with E-state index in [4.69, 9.17) is 0 Å². The Labute approximate surface area is 294 Å². The smallest absolute Gasteiger partial charge is 0.220 e. The van der Waals surface area contributed by atoms with Crippen LogP contribution < -0.4 is 5.32 Å². The summed E-state index contributed by atoms with van der Waals surface area (Å²) in [6.07, 6.45) is 42.2. The summed E-state index contributed by atoms with van der Waals surface area (Å²) < 4.78 is 0. The van der Waals surface area contributed by atoms with E-state index in [1.165, 1.54) is 173 Å². The molecule has 0 aliphatic heterocycles. The third kappa shape index (κ3) is 33.6. The molecule has 0 aliphatic carbocycles. The lowest BCUT2D eigenvalue weighted by molar-refractivity contribution is -0.124. The number of nitrogens with one attached hydrogen (secondary N) is 1.